The van der Waals surface area contributed by atoms with Gasteiger partial charge < -0.3 is 14.2 Å². The fourth-order valence-corrected chi connectivity index (χ4v) is 4.29. The molecule has 0 heterocycles. The lowest BCUT2D eigenvalue weighted by Crippen LogP contribution is -2.30. The first-order valence-electron chi connectivity index (χ1n) is 20.5. The highest BCUT2D eigenvalue weighted by Gasteiger charge is 2.19. The molecule has 6 nitrogen and oxygen atoms in total. The van der Waals surface area contributed by atoms with Crippen LogP contribution in [-0.4, -0.2) is 37.2 Å². The van der Waals surface area contributed by atoms with Crippen molar-refractivity contribution in [2.24, 2.45) is 0 Å². The number of ether oxygens (including phenoxy) is 3. The van der Waals surface area contributed by atoms with Crippen LogP contribution >= 0.6 is 0 Å². The molecule has 0 aliphatic rings. The van der Waals surface area contributed by atoms with Gasteiger partial charge in [-0.05, 0) is 57.8 Å². The maximum absolute atomic E-state index is 12.7. The smallest absolute Gasteiger partial charge is 0.306 e. The highest BCUT2D eigenvalue weighted by atomic mass is 16.6. The summed E-state index contributed by atoms with van der Waals surface area (Å²) in [5.41, 5.74) is 0. The van der Waals surface area contributed by atoms with Crippen molar-refractivity contribution in [3.8, 4) is 0 Å². The first-order valence-corrected chi connectivity index (χ1v) is 20.5. The molecule has 0 aromatic rings. The average molecular weight is 777 g/mol. The van der Waals surface area contributed by atoms with Crippen molar-refractivity contribution in [1.82, 2.24) is 0 Å². The quantitative estimate of drug-likeness (QED) is 0.0293. The van der Waals surface area contributed by atoms with Crippen LogP contribution in [0, 0.1) is 0 Å². The number of rotatable bonds is 32. The third kappa shape index (κ3) is 41.5. The zero-order valence-corrected chi connectivity index (χ0v) is 34.7. The van der Waals surface area contributed by atoms with Gasteiger partial charge in [-0.2, -0.15) is 0 Å². The van der Waals surface area contributed by atoms with Crippen LogP contribution in [0.15, 0.2) is 182 Å². The molecule has 0 aromatic carbocycles. The third-order valence-electron chi connectivity index (χ3n) is 7.27. The number of hydrogen-bond donors (Lipinski definition) is 0. The van der Waals surface area contributed by atoms with Crippen molar-refractivity contribution in [1.29, 1.82) is 0 Å². The molecule has 0 aliphatic carbocycles. The summed E-state index contributed by atoms with van der Waals surface area (Å²) in [6.45, 7) is 5.93. The van der Waals surface area contributed by atoms with E-state index in [1.807, 2.05) is 164 Å². The van der Waals surface area contributed by atoms with Gasteiger partial charge in [0, 0.05) is 19.3 Å². The molecule has 308 valence electrons. The fraction of sp³-hybridized carbons (Fsp3) is 0.353. The molecule has 0 radical (unpaired) electrons. The minimum absolute atomic E-state index is 0.178. The van der Waals surface area contributed by atoms with Crippen LogP contribution in [0.3, 0.4) is 0 Å². The van der Waals surface area contributed by atoms with Crippen molar-refractivity contribution in [2.75, 3.05) is 13.2 Å². The second kappa shape index (κ2) is 43.2. The van der Waals surface area contributed by atoms with Gasteiger partial charge in [0.25, 0.3) is 0 Å². The highest BCUT2D eigenvalue weighted by molar-refractivity contribution is 5.71. The predicted molar refractivity (Wildman–Crippen MR) is 241 cm³/mol. The number of carbonyl (C=O) groups excluding carboxylic acids is 3. The molecule has 0 atom stereocenters. The van der Waals surface area contributed by atoms with Crippen LogP contribution in [0.25, 0.3) is 0 Å². The Bertz CT molecular complexity index is 1420. The summed E-state index contributed by atoms with van der Waals surface area (Å²) in [4.78, 5) is 37.6. The lowest BCUT2D eigenvalue weighted by atomic mass is 10.2. The lowest BCUT2D eigenvalue weighted by molar-refractivity contribution is -0.166. The van der Waals surface area contributed by atoms with Gasteiger partial charge in [0.05, 0.1) is 0 Å². The largest absolute Gasteiger partial charge is 0.462 e. The van der Waals surface area contributed by atoms with Crippen molar-refractivity contribution in [3.05, 3.63) is 182 Å². The summed E-state index contributed by atoms with van der Waals surface area (Å²) in [6.07, 6.45) is 66.1. The Morgan fingerprint density at radius 3 is 0.877 bits per heavy atom. The molecule has 0 N–H and O–H groups in total. The van der Waals surface area contributed by atoms with Crippen LogP contribution in [0.2, 0.25) is 0 Å². The Morgan fingerprint density at radius 2 is 0.596 bits per heavy atom. The van der Waals surface area contributed by atoms with Crippen molar-refractivity contribution < 1.29 is 28.6 Å². The Labute approximate surface area is 344 Å². The molecule has 0 saturated heterocycles. The van der Waals surface area contributed by atoms with E-state index in [0.29, 0.717) is 38.5 Å². The fourth-order valence-electron chi connectivity index (χ4n) is 4.29. The first kappa shape index (κ1) is 51.5. The zero-order valence-electron chi connectivity index (χ0n) is 34.7. The Balaban J connectivity index is 4.81. The molecule has 0 spiro atoms. The number of hydrogen-bond acceptors (Lipinski definition) is 6. The SMILES string of the molecule is CC\C=C/C=C\C=C/C=C\C=C/CCCC(=O)OCC(COC(=O)CCC\C=C/C=C\C=C/C=C\C=C/CC)OC(=O)CCC\C=C/C=C\C=C/C=C\C=C/CC. The number of esters is 3. The predicted octanol–water partition coefficient (Wildman–Crippen LogP) is 13.1. The van der Waals surface area contributed by atoms with Gasteiger partial charge in [-0.3, -0.25) is 14.4 Å². The Hall–Kier alpha value is -5.49. The second-order valence-corrected chi connectivity index (χ2v) is 12.4. The summed E-state index contributed by atoms with van der Waals surface area (Å²) in [6, 6.07) is 0. The maximum Gasteiger partial charge on any atom is 0.306 e. The molecule has 6 heteroatoms. The average Bonchev–Trinajstić information content (AvgIpc) is 3.21. The second-order valence-electron chi connectivity index (χ2n) is 12.4. The van der Waals surface area contributed by atoms with Crippen LogP contribution in [0.4, 0.5) is 0 Å². The van der Waals surface area contributed by atoms with E-state index in [1.165, 1.54) is 0 Å². The van der Waals surface area contributed by atoms with E-state index < -0.39 is 24.0 Å². The van der Waals surface area contributed by atoms with Crippen LogP contribution in [0.1, 0.15) is 97.8 Å². The molecule has 0 aliphatic heterocycles. The number of carbonyl (C=O) groups is 3. The van der Waals surface area contributed by atoms with Gasteiger partial charge in [-0.25, -0.2) is 0 Å². The molecule has 0 bridgehead atoms. The van der Waals surface area contributed by atoms with E-state index in [2.05, 4.69) is 39.0 Å². The van der Waals surface area contributed by atoms with Gasteiger partial charge in [-0.15, -0.1) is 0 Å². The molecule has 0 rings (SSSR count). The van der Waals surface area contributed by atoms with Gasteiger partial charge in [-0.1, -0.05) is 203 Å². The van der Waals surface area contributed by atoms with Gasteiger partial charge in [0.1, 0.15) is 13.2 Å². The summed E-state index contributed by atoms with van der Waals surface area (Å²) in [5, 5.41) is 0. The molecular formula is C51H68O6. The van der Waals surface area contributed by atoms with Crippen LogP contribution in [-0.2, 0) is 28.6 Å². The maximum atomic E-state index is 12.7. The first-order chi connectivity index (χ1) is 28.0. The minimum Gasteiger partial charge on any atom is -0.462 e. The monoisotopic (exact) mass is 777 g/mol. The van der Waals surface area contributed by atoms with E-state index in [0.717, 1.165) is 19.3 Å². The number of unbranched alkanes of at least 4 members (excludes halogenated alkanes) is 3. The molecule has 0 unspecified atom stereocenters. The molecule has 57 heavy (non-hydrogen) atoms. The number of allylic oxidation sites excluding steroid dienone is 30. The summed E-state index contributed by atoms with van der Waals surface area (Å²) < 4.78 is 16.4. The van der Waals surface area contributed by atoms with Crippen LogP contribution in [0.5, 0.6) is 0 Å². The van der Waals surface area contributed by atoms with E-state index in [4.69, 9.17) is 14.2 Å². The van der Waals surface area contributed by atoms with E-state index >= 15 is 0 Å². The topological polar surface area (TPSA) is 78.9 Å². The Morgan fingerprint density at radius 1 is 0.351 bits per heavy atom. The van der Waals surface area contributed by atoms with E-state index in [9.17, 15) is 14.4 Å². The zero-order chi connectivity index (χ0) is 41.5. The van der Waals surface area contributed by atoms with Crippen molar-refractivity contribution in [3.63, 3.8) is 0 Å². The standard InChI is InChI=1S/C51H68O6/c1-4-7-10-13-16-19-22-25-28-31-34-37-40-43-49(52)55-46-48(57-51(54)45-42-39-36-33-30-27-24-21-18-15-12-9-6-3)47-56-50(53)44-41-38-35-32-29-26-23-20-17-14-11-8-5-2/h7-36,48H,4-6,37-47H2,1-3H3/b10-7-,11-8-,12-9-,16-13-,17-14-,18-15-,22-19-,23-20-,24-21-,28-25-,29-26-,30-27-,34-31-,35-32-,36-33-. The van der Waals surface area contributed by atoms with Crippen LogP contribution < -0.4 is 0 Å². The normalized spacial score (nSPS) is 13.5. The molecular weight excluding hydrogens is 709 g/mol. The molecule has 0 saturated carbocycles. The Kier molecular flexibility index (Phi) is 39.1. The van der Waals surface area contributed by atoms with Crippen molar-refractivity contribution in [2.45, 2.75) is 104 Å². The van der Waals surface area contributed by atoms with Gasteiger partial charge in [0.15, 0.2) is 6.10 Å². The minimum atomic E-state index is -0.881. The van der Waals surface area contributed by atoms with Crippen molar-refractivity contribution >= 4 is 17.9 Å². The van der Waals surface area contributed by atoms with Gasteiger partial charge >= 0.3 is 17.9 Å². The molecule has 0 fully saturated rings. The lowest BCUT2D eigenvalue weighted by Gasteiger charge is -2.18. The molecule has 0 aromatic heterocycles. The molecule has 0 amide bonds. The summed E-state index contributed by atoms with van der Waals surface area (Å²) in [7, 11) is 0. The highest BCUT2D eigenvalue weighted by Crippen LogP contribution is 2.07. The third-order valence-corrected chi connectivity index (χ3v) is 7.27. The summed E-state index contributed by atoms with van der Waals surface area (Å²) in [5.74, 6) is -1.22. The van der Waals surface area contributed by atoms with E-state index in [1.54, 1.807) is 0 Å². The van der Waals surface area contributed by atoms with Gasteiger partial charge in [0.2, 0.25) is 0 Å². The van der Waals surface area contributed by atoms with E-state index in [-0.39, 0.29) is 32.5 Å². The summed E-state index contributed by atoms with van der Waals surface area (Å²) >= 11 is 0.